The van der Waals surface area contributed by atoms with Gasteiger partial charge >= 0.3 is 16.4 Å². The Kier molecular flexibility index (Phi) is 7.37. The number of rotatable bonds is 6. The van der Waals surface area contributed by atoms with Crippen molar-refractivity contribution in [1.29, 1.82) is 0 Å². The minimum Gasteiger partial charge on any atom is -0.495 e. The molecular formula is C24H23F5N4O6S. The summed E-state index contributed by atoms with van der Waals surface area (Å²) < 4.78 is 114. The maximum Gasteiger partial charge on any atom is 0.416 e. The molecule has 1 unspecified atom stereocenters. The minimum absolute atomic E-state index is 0.000736. The van der Waals surface area contributed by atoms with E-state index in [1.165, 1.54) is 24.3 Å². The first-order valence-electron chi connectivity index (χ1n) is 11.9. The molecule has 216 valence electrons. The zero-order valence-corrected chi connectivity index (χ0v) is 21.5. The number of morpholine rings is 1. The number of nitrogens with one attached hydrogen (secondary N) is 1. The molecule has 0 bridgehead atoms. The molecule has 0 radical (unpaired) electrons. The highest BCUT2D eigenvalue weighted by atomic mass is 32.2. The molecule has 5 rings (SSSR count). The van der Waals surface area contributed by atoms with Crippen molar-refractivity contribution in [3.8, 4) is 16.9 Å². The summed E-state index contributed by atoms with van der Waals surface area (Å²) in [7, 11) is -2.79. The second-order valence-electron chi connectivity index (χ2n) is 9.16. The van der Waals surface area contributed by atoms with Crippen molar-refractivity contribution in [3.05, 3.63) is 59.9 Å². The molecule has 10 nitrogen and oxygen atoms in total. The minimum atomic E-state index is -4.78. The van der Waals surface area contributed by atoms with Crippen LogP contribution in [0.25, 0.3) is 11.1 Å². The monoisotopic (exact) mass is 590 g/mol. The fraction of sp³-hybridized carbons (Fsp3) is 0.375. The van der Waals surface area contributed by atoms with Gasteiger partial charge in [0, 0.05) is 36.3 Å². The van der Waals surface area contributed by atoms with E-state index in [4.69, 9.17) is 9.47 Å². The van der Waals surface area contributed by atoms with Crippen LogP contribution in [-0.4, -0.2) is 68.2 Å². The average molecular weight is 591 g/mol. The molecular weight excluding hydrogens is 567 g/mol. The Bertz CT molecular complexity index is 1490. The summed E-state index contributed by atoms with van der Waals surface area (Å²) in [5, 5.41) is 14.3. The number of aliphatic hydroxyl groups excluding tert-OH is 1. The number of ether oxygens (including phenoxy) is 2. The second-order valence-corrected chi connectivity index (χ2v) is 10.8. The van der Waals surface area contributed by atoms with Crippen molar-refractivity contribution in [2.45, 2.75) is 31.0 Å². The zero-order valence-electron chi connectivity index (χ0n) is 20.7. The SMILES string of the molecule is COc1cc(-c2cc(C(F)(F)F)ccc2F)c(F)cc1N1C(O)CO[C@H]2CN(S(=O)(=O)Nc3ccon3)CC[C@@H]21. The van der Waals surface area contributed by atoms with Gasteiger partial charge in [-0.15, -0.1) is 0 Å². The summed E-state index contributed by atoms with van der Waals surface area (Å²) in [6.45, 7) is -0.376. The van der Waals surface area contributed by atoms with E-state index in [0.29, 0.717) is 18.2 Å². The van der Waals surface area contributed by atoms with Gasteiger partial charge in [0.25, 0.3) is 0 Å². The van der Waals surface area contributed by atoms with E-state index in [1.54, 1.807) is 0 Å². The van der Waals surface area contributed by atoms with Crippen LogP contribution in [0.4, 0.5) is 33.5 Å². The topological polar surface area (TPSA) is 117 Å². The third-order valence-electron chi connectivity index (χ3n) is 6.77. The third kappa shape index (κ3) is 5.31. The molecule has 0 saturated carbocycles. The van der Waals surface area contributed by atoms with Gasteiger partial charge in [-0.1, -0.05) is 5.16 Å². The van der Waals surface area contributed by atoms with E-state index >= 15 is 4.39 Å². The molecule has 2 saturated heterocycles. The number of halogens is 5. The van der Waals surface area contributed by atoms with Crippen LogP contribution in [0, 0.1) is 11.6 Å². The quantitative estimate of drug-likeness (QED) is 0.419. The summed E-state index contributed by atoms with van der Waals surface area (Å²) in [4.78, 5) is 1.41. The smallest absolute Gasteiger partial charge is 0.416 e. The molecule has 2 aliphatic heterocycles. The van der Waals surface area contributed by atoms with Crippen LogP contribution in [0.5, 0.6) is 5.75 Å². The third-order valence-corrected chi connectivity index (χ3v) is 8.25. The summed E-state index contributed by atoms with van der Waals surface area (Å²) >= 11 is 0. The normalized spacial score (nSPS) is 22.2. The highest BCUT2D eigenvalue weighted by Crippen LogP contribution is 2.42. The maximum atomic E-state index is 15.4. The van der Waals surface area contributed by atoms with Gasteiger partial charge in [-0.3, -0.25) is 4.72 Å². The molecule has 3 aromatic rings. The second kappa shape index (κ2) is 10.5. The van der Waals surface area contributed by atoms with Crippen molar-refractivity contribution in [3.63, 3.8) is 0 Å². The van der Waals surface area contributed by atoms with Gasteiger partial charge < -0.3 is 24.0 Å². The molecule has 2 fully saturated rings. The number of methoxy groups -OCH3 is 1. The lowest BCUT2D eigenvalue weighted by atomic mass is 9.96. The van der Waals surface area contributed by atoms with Crippen LogP contribution in [0.15, 0.2) is 47.2 Å². The van der Waals surface area contributed by atoms with Gasteiger partial charge in [-0.2, -0.15) is 25.9 Å². The summed E-state index contributed by atoms with van der Waals surface area (Å²) in [5.74, 6) is -2.18. The summed E-state index contributed by atoms with van der Waals surface area (Å²) in [6.07, 6.45) is -5.47. The highest BCUT2D eigenvalue weighted by molar-refractivity contribution is 7.90. The molecule has 40 heavy (non-hydrogen) atoms. The van der Waals surface area contributed by atoms with Crippen molar-refractivity contribution < 1.29 is 49.5 Å². The fourth-order valence-electron chi connectivity index (χ4n) is 4.91. The highest BCUT2D eigenvalue weighted by Gasteiger charge is 2.44. The van der Waals surface area contributed by atoms with E-state index < -0.39 is 63.1 Å². The molecule has 0 aliphatic carbocycles. The Balaban J connectivity index is 1.45. The summed E-state index contributed by atoms with van der Waals surface area (Å²) in [6, 6.07) is 4.36. The van der Waals surface area contributed by atoms with Crippen LogP contribution in [0.2, 0.25) is 0 Å². The van der Waals surface area contributed by atoms with Gasteiger partial charge in [-0.05, 0) is 30.7 Å². The van der Waals surface area contributed by atoms with E-state index in [0.717, 1.165) is 16.4 Å². The van der Waals surface area contributed by atoms with Crippen LogP contribution in [0.1, 0.15) is 12.0 Å². The van der Waals surface area contributed by atoms with E-state index in [9.17, 15) is 31.1 Å². The van der Waals surface area contributed by atoms with Crippen molar-refractivity contribution in [2.24, 2.45) is 0 Å². The van der Waals surface area contributed by atoms with Gasteiger partial charge in [-0.25, -0.2) is 8.78 Å². The van der Waals surface area contributed by atoms with Crippen molar-refractivity contribution in [1.82, 2.24) is 9.46 Å². The average Bonchev–Trinajstić information content (AvgIpc) is 3.40. The van der Waals surface area contributed by atoms with Gasteiger partial charge in [0.2, 0.25) is 0 Å². The lowest BCUT2D eigenvalue weighted by Gasteiger charge is -2.49. The van der Waals surface area contributed by atoms with Gasteiger partial charge in [0.15, 0.2) is 12.0 Å². The van der Waals surface area contributed by atoms with Crippen molar-refractivity contribution >= 4 is 21.7 Å². The van der Waals surface area contributed by atoms with Crippen LogP contribution < -0.4 is 14.4 Å². The van der Waals surface area contributed by atoms with Crippen LogP contribution in [-0.2, 0) is 21.1 Å². The number of alkyl halides is 3. The predicted octanol–water partition coefficient (Wildman–Crippen LogP) is 3.60. The molecule has 2 aromatic carbocycles. The number of fused-ring (bicyclic) bond motifs is 1. The Morgan fingerprint density at radius 2 is 1.88 bits per heavy atom. The van der Waals surface area contributed by atoms with Gasteiger partial charge in [0.1, 0.15) is 23.6 Å². The Labute approximate surface area is 225 Å². The summed E-state index contributed by atoms with van der Waals surface area (Å²) in [5.41, 5.74) is -2.20. The molecule has 1 aromatic heterocycles. The van der Waals surface area contributed by atoms with Crippen LogP contribution in [0.3, 0.4) is 0 Å². The largest absolute Gasteiger partial charge is 0.495 e. The number of benzene rings is 2. The fourth-order valence-corrected chi connectivity index (χ4v) is 6.10. The molecule has 0 spiro atoms. The number of anilines is 2. The molecule has 2 N–H and O–H groups in total. The first-order chi connectivity index (χ1) is 18.9. The van der Waals surface area contributed by atoms with E-state index in [2.05, 4.69) is 14.4 Å². The lowest BCUT2D eigenvalue weighted by molar-refractivity contribution is -0.137. The van der Waals surface area contributed by atoms with Crippen LogP contribution >= 0.6 is 0 Å². The first kappa shape index (κ1) is 28.1. The molecule has 16 heteroatoms. The number of aromatic nitrogens is 1. The van der Waals surface area contributed by atoms with Crippen molar-refractivity contribution in [2.75, 3.05) is 36.4 Å². The number of piperidine rings is 1. The predicted molar refractivity (Wildman–Crippen MR) is 131 cm³/mol. The Morgan fingerprint density at radius 1 is 1.12 bits per heavy atom. The molecule has 3 heterocycles. The van der Waals surface area contributed by atoms with Gasteiger partial charge in [0.05, 0.1) is 37.1 Å². The number of hydrogen-bond donors (Lipinski definition) is 2. The van der Waals surface area contributed by atoms with E-state index in [1.807, 2.05) is 0 Å². The number of aliphatic hydroxyl groups is 1. The standard InChI is InChI=1S/C24H23F5N4O6S/c1-37-20-9-15(14-8-13(24(27,28)29)2-3-16(14)25)17(26)10-19(20)33-18-4-6-32(11-21(18)38-12-23(33)34)40(35,36)31-22-5-7-39-30-22/h2-3,5,7-10,18,21,23,34H,4,6,11-12H2,1H3,(H,30,31)/t18-,21-,23?/m0/s1. The Hall–Kier alpha value is -3.47. The van der Waals surface area contributed by atoms with E-state index in [-0.39, 0.29) is 43.4 Å². The number of hydrogen-bond acceptors (Lipinski definition) is 8. The maximum absolute atomic E-state index is 15.4. The molecule has 2 aliphatic rings. The zero-order chi connectivity index (χ0) is 28.8. The molecule has 0 amide bonds. The first-order valence-corrected chi connectivity index (χ1v) is 13.3. The lowest BCUT2D eigenvalue weighted by Crippen LogP contribution is -2.64. The Morgan fingerprint density at radius 3 is 2.55 bits per heavy atom. The number of nitrogens with zero attached hydrogens (tertiary/aromatic N) is 3. The molecule has 3 atom stereocenters.